The lowest BCUT2D eigenvalue weighted by atomic mass is 9.99. The van der Waals surface area contributed by atoms with E-state index in [1.807, 2.05) is 6.92 Å². The van der Waals surface area contributed by atoms with E-state index in [-0.39, 0.29) is 0 Å². The molecule has 1 unspecified atom stereocenters. The van der Waals surface area contributed by atoms with Gasteiger partial charge >= 0.3 is 0 Å². The zero-order valence-corrected chi connectivity index (χ0v) is 7.76. The third-order valence-electron chi connectivity index (χ3n) is 1.24. The fourth-order valence-corrected chi connectivity index (χ4v) is 1.15. The lowest BCUT2D eigenvalue weighted by Crippen LogP contribution is -2.18. The molecule has 0 fully saturated rings. The molecule has 0 aliphatic heterocycles. The fourth-order valence-electron chi connectivity index (χ4n) is 1.15. The molecule has 0 aromatic rings. The summed E-state index contributed by atoms with van der Waals surface area (Å²) >= 11 is 0. The average Bonchev–Trinajstić information content (AvgIpc) is 1.53. The summed E-state index contributed by atoms with van der Waals surface area (Å²) < 4.78 is 0. The Balaban J connectivity index is 3.97. The van der Waals surface area contributed by atoms with Crippen molar-refractivity contribution in [2.75, 3.05) is 0 Å². The number of hydrogen-bond donors (Lipinski definition) is 2. The number of rotatable bonds is 3. The maximum absolute atomic E-state index is 9.38. The SMILES string of the molecule is CC(=CC(C)O)CC(C)(C)O. The van der Waals surface area contributed by atoms with E-state index < -0.39 is 11.7 Å². The van der Waals surface area contributed by atoms with Gasteiger partial charge in [0.2, 0.25) is 0 Å². The first kappa shape index (κ1) is 10.7. The van der Waals surface area contributed by atoms with Crippen LogP contribution in [0.5, 0.6) is 0 Å². The molecule has 0 amide bonds. The van der Waals surface area contributed by atoms with Crippen LogP contribution in [0.15, 0.2) is 11.6 Å². The monoisotopic (exact) mass is 158 g/mol. The van der Waals surface area contributed by atoms with Crippen molar-refractivity contribution in [3.05, 3.63) is 11.6 Å². The van der Waals surface area contributed by atoms with Gasteiger partial charge in [-0.25, -0.2) is 0 Å². The summed E-state index contributed by atoms with van der Waals surface area (Å²) in [5.74, 6) is 0. The van der Waals surface area contributed by atoms with E-state index in [2.05, 4.69) is 0 Å². The van der Waals surface area contributed by atoms with Crippen molar-refractivity contribution in [1.82, 2.24) is 0 Å². The second kappa shape index (κ2) is 3.88. The Bertz CT molecular complexity index is 140. The van der Waals surface area contributed by atoms with Crippen LogP contribution in [0, 0.1) is 0 Å². The van der Waals surface area contributed by atoms with E-state index in [9.17, 15) is 5.11 Å². The van der Waals surface area contributed by atoms with Gasteiger partial charge in [0.15, 0.2) is 0 Å². The van der Waals surface area contributed by atoms with E-state index in [0.29, 0.717) is 6.42 Å². The molecule has 0 radical (unpaired) electrons. The summed E-state index contributed by atoms with van der Waals surface area (Å²) in [6.45, 7) is 7.12. The third kappa shape index (κ3) is 7.56. The highest BCUT2D eigenvalue weighted by molar-refractivity contribution is 5.03. The van der Waals surface area contributed by atoms with Gasteiger partial charge in [0.1, 0.15) is 0 Å². The molecular formula is C9H18O2. The van der Waals surface area contributed by atoms with Gasteiger partial charge in [-0.15, -0.1) is 0 Å². The smallest absolute Gasteiger partial charge is 0.0695 e. The molecule has 66 valence electrons. The molecule has 0 rings (SSSR count). The van der Waals surface area contributed by atoms with Gasteiger partial charge in [-0.2, -0.15) is 0 Å². The normalized spacial score (nSPS) is 16.7. The van der Waals surface area contributed by atoms with E-state index >= 15 is 0 Å². The van der Waals surface area contributed by atoms with Gasteiger partial charge in [0.05, 0.1) is 11.7 Å². The highest BCUT2D eigenvalue weighted by Crippen LogP contribution is 2.14. The molecule has 1 atom stereocenters. The summed E-state index contributed by atoms with van der Waals surface area (Å²) in [5, 5.41) is 18.3. The Morgan fingerprint density at radius 1 is 1.55 bits per heavy atom. The highest BCUT2D eigenvalue weighted by atomic mass is 16.3. The van der Waals surface area contributed by atoms with Crippen LogP contribution in [0.1, 0.15) is 34.1 Å². The van der Waals surface area contributed by atoms with Gasteiger partial charge in [0, 0.05) is 0 Å². The predicted molar refractivity (Wildman–Crippen MR) is 46.4 cm³/mol. The molecule has 0 saturated heterocycles. The summed E-state index contributed by atoms with van der Waals surface area (Å²) in [4.78, 5) is 0. The maximum atomic E-state index is 9.38. The molecule has 0 heterocycles. The van der Waals surface area contributed by atoms with Crippen molar-refractivity contribution in [3.63, 3.8) is 0 Å². The van der Waals surface area contributed by atoms with Gasteiger partial charge in [-0.05, 0) is 34.1 Å². The van der Waals surface area contributed by atoms with Gasteiger partial charge in [-0.3, -0.25) is 0 Å². The molecule has 0 spiro atoms. The molecular weight excluding hydrogens is 140 g/mol. The summed E-state index contributed by atoms with van der Waals surface area (Å²) in [7, 11) is 0. The van der Waals surface area contributed by atoms with E-state index in [4.69, 9.17) is 5.11 Å². The Morgan fingerprint density at radius 3 is 2.27 bits per heavy atom. The van der Waals surface area contributed by atoms with Crippen LogP contribution in [0.4, 0.5) is 0 Å². The Labute approximate surface area is 68.6 Å². The van der Waals surface area contributed by atoms with Crippen LogP contribution in [-0.4, -0.2) is 21.9 Å². The number of aliphatic hydroxyl groups excluding tert-OH is 1. The molecule has 2 heteroatoms. The van der Waals surface area contributed by atoms with Crippen LogP contribution in [0.25, 0.3) is 0 Å². The standard InChI is InChI=1S/C9H18O2/c1-7(5-8(2)10)6-9(3,4)11/h5,8,10-11H,6H2,1-4H3. The minimum absolute atomic E-state index is 0.419. The molecule has 11 heavy (non-hydrogen) atoms. The van der Waals surface area contributed by atoms with Crippen LogP contribution in [0.3, 0.4) is 0 Å². The van der Waals surface area contributed by atoms with E-state index in [1.54, 1.807) is 26.8 Å². The molecule has 2 nitrogen and oxygen atoms in total. The van der Waals surface area contributed by atoms with Crippen molar-refractivity contribution in [2.24, 2.45) is 0 Å². The van der Waals surface area contributed by atoms with Crippen LogP contribution < -0.4 is 0 Å². The van der Waals surface area contributed by atoms with Crippen molar-refractivity contribution < 1.29 is 10.2 Å². The lowest BCUT2D eigenvalue weighted by Gasteiger charge is -2.17. The van der Waals surface area contributed by atoms with Crippen LogP contribution in [-0.2, 0) is 0 Å². The van der Waals surface area contributed by atoms with Crippen LogP contribution >= 0.6 is 0 Å². The molecule has 0 aliphatic rings. The molecule has 0 bridgehead atoms. The Morgan fingerprint density at radius 2 is 2.00 bits per heavy atom. The summed E-state index contributed by atoms with van der Waals surface area (Å²) in [5.41, 5.74) is 0.350. The first-order valence-corrected chi connectivity index (χ1v) is 3.89. The minimum Gasteiger partial charge on any atom is -0.390 e. The van der Waals surface area contributed by atoms with Crippen molar-refractivity contribution in [3.8, 4) is 0 Å². The maximum Gasteiger partial charge on any atom is 0.0695 e. The van der Waals surface area contributed by atoms with Crippen LogP contribution in [0.2, 0.25) is 0 Å². The molecule has 2 N–H and O–H groups in total. The first-order chi connectivity index (χ1) is 4.81. The van der Waals surface area contributed by atoms with Gasteiger partial charge < -0.3 is 10.2 Å². The second-order valence-electron chi connectivity index (χ2n) is 3.74. The topological polar surface area (TPSA) is 40.5 Å². The number of aliphatic hydroxyl groups is 2. The number of hydrogen-bond acceptors (Lipinski definition) is 2. The average molecular weight is 158 g/mol. The summed E-state index contributed by atoms with van der Waals surface area (Å²) in [6, 6.07) is 0. The fraction of sp³-hybridized carbons (Fsp3) is 0.778. The molecule has 0 aromatic heterocycles. The predicted octanol–water partition coefficient (Wildman–Crippen LogP) is 1.47. The van der Waals surface area contributed by atoms with Gasteiger partial charge in [0.25, 0.3) is 0 Å². The lowest BCUT2D eigenvalue weighted by molar-refractivity contribution is 0.0806. The van der Waals surface area contributed by atoms with E-state index in [0.717, 1.165) is 5.57 Å². The third-order valence-corrected chi connectivity index (χ3v) is 1.24. The zero-order chi connectivity index (χ0) is 9.07. The molecule has 0 aliphatic carbocycles. The first-order valence-electron chi connectivity index (χ1n) is 3.89. The largest absolute Gasteiger partial charge is 0.390 e. The summed E-state index contributed by atoms with van der Waals surface area (Å²) in [6.07, 6.45) is 1.94. The van der Waals surface area contributed by atoms with Gasteiger partial charge in [-0.1, -0.05) is 11.6 Å². The highest BCUT2D eigenvalue weighted by Gasteiger charge is 2.12. The second-order valence-corrected chi connectivity index (χ2v) is 3.74. The van der Waals surface area contributed by atoms with Crippen molar-refractivity contribution in [1.29, 1.82) is 0 Å². The Hall–Kier alpha value is -0.340. The zero-order valence-electron chi connectivity index (χ0n) is 7.76. The Kier molecular flexibility index (Phi) is 3.76. The molecule has 0 saturated carbocycles. The van der Waals surface area contributed by atoms with E-state index in [1.165, 1.54) is 0 Å². The minimum atomic E-state index is -0.671. The van der Waals surface area contributed by atoms with Crippen molar-refractivity contribution in [2.45, 2.75) is 45.8 Å². The molecule has 0 aromatic carbocycles. The quantitative estimate of drug-likeness (QED) is 0.611. The van der Waals surface area contributed by atoms with Crippen molar-refractivity contribution >= 4 is 0 Å².